The average molecular weight is 292 g/mol. The highest BCUT2D eigenvalue weighted by Crippen LogP contribution is 2.28. The lowest BCUT2D eigenvalue weighted by Crippen LogP contribution is -2.14. The molecule has 1 rings (SSSR count). The summed E-state index contributed by atoms with van der Waals surface area (Å²) in [6.07, 6.45) is 0. The molecule has 0 aliphatic heterocycles. The molecule has 0 aliphatic carbocycles. The van der Waals surface area contributed by atoms with Crippen LogP contribution in [-0.4, -0.2) is 35.1 Å². The molecule has 0 radical (unpaired) electrons. The molecular formula is C11H14ClNO4S. The second-order valence-electron chi connectivity index (χ2n) is 3.74. The highest BCUT2D eigenvalue weighted by Gasteiger charge is 2.20. The lowest BCUT2D eigenvalue weighted by molar-refractivity contribution is 0.0526. The molecule has 1 aromatic carbocycles. The Kier molecular flexibility index (Phi) is 4.59. The maximum atomic E-state index is 11.5. The number of benzene rings is 1. The number of ether oxygens (including phenoxy) is 1. The van der Waals surface area contributed by atoms with Gasteiger partial charge in [-0.15, -0.1) is 0 Å². The topological polar surface area (TPSA) is 63.7 Å². The first kappa shape index (κ1) is 14.8. The van der Waals surface area contributed by atoms with Gasteiger partial charge in [0.15, 0.2) is 0 Å². The second-order valence-corrected chi connectivity index (χ2v) is 6.27. The molecule has 1 aromatic rings. The lowest BCUT2D eigenvalue weighted by Gasteiger charge is -2.16. The number of rotatable bonds is 4. The van der Waals surface area contributed by atoms with Crippen LogP contribution in [0.4, 0.5) is 5.69 Å². The van der Waals surface area contributed by atoms with Crippen LogP contribution in [-0.2, 0) is 13.8 Å². The normalized spacial score (nSPS) is 11.1. The summed E-state index contributed by atoms with van der Waals surface area (Å²) < 4.78 is 27.8. The highest BCUT2D eigenvalue weighted by atomic mass is 35.7. The van der Waals surface area contributed by atoms with Gasteiger partial charge in [0.1, 0.15) is 4.90 Å². The Labute approximate surface area is 111 Å². The molecule has 0 atom stereocenters. The molecule has 0 saturated heterocycles. The summed E-state index contributed by atoms with van der Waals surface area (Å²) in [5.41, 5.74) is 0.569. The zero-order valence-corrected chi connectivity index (χ0v) is 11.9. The molecule has 0 unspecified atom stereocenters. The van der Waals surface area contributed by atoms with E-state index in [2.05, 4.69) is 0 Å². The highest BCUT2D eigenvalue weighted by molar-refractivity contribution is 8.13. The van der Waals surface area contributed by atoms with Gasteiger partial charge in [0.25, 0.3) is 9.05 Å². The summed E-state index contributed by atoms with van der Waals surface area (Å²) in [5, 5.41) is 0. The number of nitrogens with zero attached hydrogens (tertiary/aromatic N) is 1. The largest absolute Gasteiger partial charge is 0.462 e. The Balaban J connectivity index is 3.35. The van der Waals surface area contributed by atoms with E-state index in [1.807, 2.05) is 0 Å². The van der Waals surface area contributed by atoms with E-state index in [-0.39, 0.29) is 17.1 Å². The third kappa shape index (κ3) is 3.36. The molecule has 5 nitrogen and oxygen atoms in total. The summed E-state index contributed by atoms with van der Waals surface area (Å²) >= 11 is 0. The van der Waals surface area contributed by atoms with E-state index < -0.39 is 15.0 Å². The molecule has 0 spiro atoms. The first-order valence-corrected chi connectivity index (χ1v) is 7.51. The number of carbonyl (C=O) groups excluding carboxylic acids is 1. The SMILES string of the molecule is CCOC(=O)c1ccc(N(C)C)c(S(=O)(=O)Cl)c1. The van der Waals surface area contributed by atoms with Crippen LogP contribution in [0.2, 0.25) is 0 Å². The molecule has 0 heterocycles. The molecule has 0 amide bonds. The molecule has 0 N–H and O–H groups in total. The van der Waals surface area contributed by atoms with E-state index in [1.54, 1.807) is 25.9 Å². The number of anilines is 1. The lowest BCUT2D eigenvalue weighted by atomic mass is 10.2. The van der Waals surface area contributed by atoms with Crippen LogP contribution in [0, 0.1) is 0 Å². The van der Waals surface area contributed by atoms with Gasteiger partial charge in [0.2, 0.25) is 0 Å². The van der Waals surface area contributed by atoms with Gasteiger partial charge < -0.3 is 9.64 Å². The van der Waals surface area contributed by atoms with E-state index in [4.69, 9.17) is 15.4 Å². The van der Waals surface area contributed by atoms with Crippen LogP contribution in [0.3, 0.4) is 0 Å². The van der Waals surface area contributed by atoms with Gasteiger partial charge in [0.05, 0.1) is 17.9 Å². The predicted octanol–water partition coefficient (Wildman–Crippen LogP) is 1.86. The maximum Gasteiger partial charge on any atom is 0.338 e. The molecule has 0 aliphatic rings. The summed E-state index contributed by atoms with van der Waals surface area (Å²) in [6, 6.07) is 4.23. The zero-order chi connectivity index (χ0) is 13.9. The fourth-order valence-electron chi connectivity index (χ4n) is 1.42. The Morgan fingerprint density at radius 2 is 2.00 bits per heavy atom. The van der Waals surface area contributed by atoms with Crippen LogP contribution < -0.4 is 4.90 Å². The van der Waals surface area contributed by atoms with Crippen molar-refractivity contribution in [3.05, 3.63) is 23.8 Å². The number of hydrogen-bond donors (Lipinski definition) is 0. The van der Waals surface area contributed by atoms with Crippen molar-refractivity contribution in [2.45, 2.75) is 11.8 Å². The van der Waals surface area contributed by atoms with Crippen molar-refractivity contribution in [3.63, 3.8) is 0 Å². The van der Waals surface area contributed by atoms with Crippen molar-refractivity contribution in [2.24, 2.45) is 0 Å². The fraction of sp³-hybridized carbons (Fsp3) is 0.364. The maximum absolute atomic E-state index is 11.5. The molecule has 0 fully saturated rings. The Morgan fingerprint density at radius 3 is 2.44 bits per heavy atom. The molecule has 0 bridgehead atoms. The number of esters is 1. The smallest absolute Gasteiger partial charge is 0.338 e. The summed E-state index contributed by atoms with van der Waals surface area (Å²) in [7, 11) is 4.80. The molecule has 0 saturated carbocycles. The third-order valence-corrected chi connectivity index (χ3v) is 3.57. The van der Waals surface area contributed by atoms with Gasteiger partial charge in [-0.2, -0.15) is 0 Å². The van der Waals surface area contributed by atoms with Gasteiger partial charge in [0, 0.05) is 24.8 Å². The van der Waals surface area contributed by atoms with Crippen molar-refractivity contribution in [1.29, 1.82) is 0 Å². The van der Waals surface area contributed by atoms with E-state index >= 15 is 0 Å². The van der Waals surface area contributed by atoms with Crippen molar-refractivity contribution < 1.29 is 17.9 Å². The quantitative estimate of drug-likeness (QED) is 0.626. The van der Waals surface area contributed by atoms with Gasteiger partial charge >= 0.3 is 5.97 Å². The second kappa shape index (κ2) is 5.58. The summed E-state index contributed by atoms with van der Waals surface area (Å²) in [5.74, 6) is -0.579. The fourth-order valence-corrected chi connectivity index (χ4v) is 2.56. The van der Waals surface area contributed by atoms with Crippen molar-refractivity contribution in [3.8, 4) is 0 Å². The molecule has 18 heavy (non-hydrogen) atoms. The predicted molar refractivity (Wildman–Crippen MR) is 69.8 cm³/mol. The van der Waals surface area contributed by atoms with E-state index in [1.165, 1.54) is 18.2 Å². The third-order valence-electron chi connectivity index (χ3n) is 2.22. The van der Waals surface area contributed by atoms with Crippen LogP contribution in [0.1, 0.15) is 17.3 Å². The first-order valence-electron chi connectivity index (χ1n) is 5.20. The minimum atomic E-state index is -3.93. The minimum absolute atomic E-state index is 0.111. The van der Waals surface area contributed by atoms with Gasteiger partial charge in [-0.3, -0.25) is 0 Å². The minimum Gasteiger partial charge on any atom is -0.462 e. The average Bonchev–Trinajstić information content (AvgIpc) is 2.27. The molecule has 7 heteroatoms. The van der Waals surface area contributed by atoms with Crippen LogP contribution in [0.25, 0.3) is 0 Å². The van der Waals surface area contributed by atoms with Gasteiger partial charge in [-0.05, 0) is 25.1 Å². The van der Waals surface area contributed by atoms with Crippen molar-refractivity contribution >= 4 is 31.4 Å². The van der Waals surface area contributed by atoms with Crippen LogP contribution in [0.5, 0.6) is 0 Å². The summed E-state index contributed by atoms with van der Waals surface area (Å²) in [4.78, 5) is 13.0. The van der Waals surface area contributed by atoms with Crippen LogP contribution >= 0.6 is 10.7 Å². The van der Waals surface area contributed by atoms with Crippen molar-refractivity contribution in [1.82, 2.24) is 0 Å². The van der Waals surface area contributed by atoms with E-state index in [9.17, 15) is 13.2 Å². The zero-order valence-electron chi connectivity index (χ0n) is 10.3. The Hall–Kier alpha value is -1.27. The first-order chi connectivity index (χ1) is 8.27. The number of hydrogen-bond acceptors (Lipinski definition) is 5. The molecule has 100 valence electrons. The monoisotopic (exact) mass is 291 g/mol. The Morgan fingerprint density at radius 1 is 1.39 bits per heavy atom. The van der Waals surface area contributed by atoms with E-state index in [0.717, 1.165) is 0 Å². The number of carbonyl (C=O) groups is 1. The Bertz CT molecular complexity index is 554. The van der Waals surface area contributed by atoms with Gasteiger partial charge in [-0.25, -0.2) is 13.2 Å². The molecule has 0 aromatic heterocycles. The number of halogens is 1. The standard InChI is InChI=1S/C11H14ClNO4S/c1-4-17-11(14)8-5-6-9(13(2)3)10(7-8)18(12,15)16/h5-7H,4H2,1-3H3. The van der Waals surface area contributed by atoms with Crippen LogP contribution in [0.15, 0.2) is 23.1 Å². The summed E-state index contributed by atoms with van der Waals surface area (Å²) in [6.45, 7) is 1.89. The van der Waals surface area contributed by atoms with Gasteiger partial charge in [-0.1, -0.05) is 0 Å². The molecular weight excluding hydrogens is 278 g/mol. The van der Waals surface area contributed by atoms with Crippen molar-refractivity contribution in [2.75, 3.05) is 25.6 Å². The van der Waals surface area contributed by atoms with E-state index in [0.29, 0.717) is 5.69 Å².